The second-order valence-corrected chi connectivity index (χ2v) is 6.28. The summed E-state index contributed by atoms with van der Waals surface area (Å²) in [6.07, 6.45) is 4.10. The number of H-pyrrole nitrogens is 1. The van der Waals surface area contributed by atoms with Gasteiger partial charge in [0.15, 0.2) is 0 Å². The lowest BCUT2D eigenvalue weighted by Gasteiger charge is -2.33. The number of hydrogen-bond donors (Lipinski definition) is 1. The molecule has 2 aromatic heterocycles. The van der Waals surface area contributed by atoms with Crippen molar-refractivity contribution in [1.82, 2.24) is 20.0 Å². The van der Waals surface area contributed by atoms with Gasteiger partial charge in [0.25, 0.3) is 0 Å². The van der Waals surface area contributed by atoms with Crippen molar-refractivity contribution in [2.24, 2.45) is 4.99 Å². The van der Waals surface area contributed by atoms with Crippen LogP contribution < -0.4 is 4.90 Å². The minimum atomic E-state index is -0.642. The molecule has 8 heteroatoms. The number of aliphatic imine (C=N–C) groups is 1. The summed E-state index contributed by atoms with van der Waals surface area (Å²) in [7, 11) is 0. The van der Waals surface area contributed by atoms with E-state index in [1.54, 1.807) is 12.4 Å². The summed E-state index contributed by atoms with van der Waals surface area (Å²) < 4.78 is 30.8. The molecule has 1 aromatic carbocycles. The zero-order chi connectivity index (χ0) is 17.1. The molecule has 4 heterocycles. The first-order valence-corrected chi connectivity index (χ1v) is 8.07. The molecule has 1 atom stereocenters. The van der Waals surface area contributed by atoms with Gasteiger partial charge in [-0.05, 0) is 25.5 Å². The SMILES string of the molecule is CC1CCN2C(c3c(F)cccc3F)=Nc3cn[nH]c3-c3cnn1c32. The van der Waals surface area contributed by atoms with Crippen molar-refractivity contribution in [3.8, 4) is 11.3 Å². The third-order valence-electron chi connectivity index (χ3n) is 4.77. The van der Waals surface area contributed by atoms with Crippen LogP contribution >= 0.6 is 0 Å². The molecule has 5 rings (SSSR count). The number of halogens is 2. The van der Waals surface area contributed by atoms with Gasteiger partial charge in [0.2, 0.25) is 0 Å². The van der Waals surface area contributed by atoms with Gasteiger partial charge < -0.3 is 4.90 Å². The van der Waals surface area contributed by atoms with Gasteiger partial charge >= 0.3 is 0 Å². The molecule has 126 valence electrons. The fraction of sp³-hybridized carbons (Fsp3) is 0.235. The van der Waals surface area contributed by atoms with Gasteiger partial charge in [-0.1, -0.05) is 6.07 Å². The first kappa shape index (κ1) is 14.3. The Morgan fingerprint density at radius 1 is 1.20 bits per heavy atom. The predicted octanol–water partition coefficient (Wildman–Crippen LogP) is 3.41. The molecule has 0 saturated carbocycles. The normalized spacial score (nSPS) is 18.4. The second kappa shape index (κ2) is 4.98. The summed E-state index contributed by atoms with van der Waals surface area (Å²) in [5, 5.41) is 11.4. The molecular formula is C17H14F2N6. The average molecular weight is 340 g/mol. The third kappa shape index (κ3) is 1.90. The largest absolute Gasteiger partial charge is 0.310 e. The maximum Gasteiger partial charge on any atom is 0.148 e. The standard InChI is InChI=1S/C17H14F2N6/c1-9-5-6-24-16(14-11(18)3-2-4-12(14)19)22-13-8-20-23-15(13)10-7-21-25(9)17(10)24/h2-4,7-9H,5-6H2,1H3,(H,20,23). The Balaban J connectivity index is 1.84. The van der Waals surface area contributed by atoms with E-state index in [4.69, 9.17) is 0 Å². The van der Waals surface area contributed by atoms with Crippen molar-refractivity contribution in [2.75, 3.05) is 11.4 Å². The number of benzene rings is 1. The van der Waals surface area contributed by atoms with Crippen LogP contribution in [0.15, 0.2) is 35.6 Å². The summed E-state index contributed by atoms with van der Waals surface area (Å²) in [6, 6.07) is 4.03. The second-order valence-electron chi connectivity index (χ2n) is 6.28. The molecule has 0 fully saturated rings. The van der Waals surface area contributed by atoms with Crippen LogP contribution in [0.1, 0.15) is 24.9 Å². The van der Waals surface area contributed by atoms with Crippen molar-refractivity contribution < 1.29 is 8.78 Å². The highest BCUT2D eigenvalue weighted by Crippen LogP contribution is 2.43. The van der Waals surface area contributed by atoms with Gasteiger partial charge in [0, 0.05) is 6.54 Å². The van der Waals surface area contributed by atoms with E-state index in [0.29, 0.717) is 17.9 Å². The van der Waals surface area contributed by atoms with Crippen LogP contribution in [0.5, 0.6) is 0 Å². The lowest BCUT2D eigenvalue weighted by molar-refractivity contribution is 0.438. The first-order chi connectivity index (χ1) is 12.1. The van der Waals surface area contributed by atoms with Gasteiger partial charge in [-0.3, -0.25) is 5.10 Å². The Morgan fingerprint density at radius 2 is 2.00 bits per heavy atom. The monoisotopic (exact) mass is 340 g/mol. The molecule has 0 bridgehead atoms. The van der Waals surface area contributed by atoms with Crippen LogP contribution in [-0.4, -0.2) is 32.4 Å². The molecule has 2 aliphatic rings. The van der Waals surface area contributed by atoms with Gasteiger partial charge in [-0.25, -0.2) is 18.5 Å². The van der Waals surface area contributed by atoms with Crippen LogP contribution in [-0.2, 0) is 0 Å². The molecule has 0 radical (unpaired) electrons. The average Bonchev–Trinajstić information content (AvgIpc) is 3.19. The lowest BCUT2D eigenvalue weighted by atomic mass is 10.1. The predicted molar refractivity (Wildman–Crippen MR) is 89.0 cm³/mol. The molecule has 0 spiro atoms. The van der Waals surface area contributed by atoms with E-state index in [0.717, 1.165) is 17.8 Å². The number of nitrogens with one attached hydrogen (secondary N) is 1. The number of aromatic nitrogens is 4. The van der Waals surface area contributed by atoms with E-state index < -0.39 is 11.6 Å². The number of rotatable bonds is 1. The fourth-order valence-corrected chi connectivity index (χ4v) is 3.51. The quantitative estimate of drug-likeness (QED) is 0.738. The number of anilines is 1. The molecule has 3 aromatic rings. The first-order valence-electron chi connectivity index (χ1n) is 8.07. The summed E-state index contributed by atoms with van der Waals surface area (Å²) in [5.41, 5.74) is 1.93. The third-order valence-corrected chi connectivity index (χ3v) is 4.77. The Labute approximate surface area is 141 Å². The molecular weight excluding hydrogens is 326 g/mol. The number of amidine groups is 1. The fourth-order valence-electron chi connectivity index (χ4n) is 3.51. The molecule has 25 heavy (non-hydrogen) atoms. The zero-order valence-electron chi connectivity index (χ0n) is 13.4. The van der Waals surface area contributed by atoms with Crippen molar-refractivity contribution in [3.05, 3.63) is 47.8 Å². The van der Waals surface area contributed by atoms with E-state index in [9.17, 15) is 8.78 Å². The minimum Gasteiger partial charge on any atom is -0.310 e. The topological polar surface area (TPSA) is 62.1 Å². The summed E-state index contributed by atoms with van der Waals surface area (Å²) in [6.45, 7) is 2.67. The van der Waals surface area contributed by atoms with Crippen LogP contribution in [0.3, 0.4) is 0 Å². The maximum atomic E-state index is 14.5. The summed E-state index contributed by atoms with van der Waals surface area (Å²) in [5.74, 6) is -0.261. The van der Waals surface area contributed by atoms with E-state index in [2.05, 4.69) is 27.2 Å². The van der Waals surface area contributed by atoms with Crippen molar-refractivity contribution in [2.45, 2.75) is 19.4 Å². The van der Waals surface area contributed by atoms with Gasteiger partial charge in [-0.15, -0.1) is 0 Å². The number of hydrogen-bond acceptors (Lipinski definition) is 4. The Bertz CT molecular complexity index is 998. The van der Waals surface area contributed by atoms with Crippen molar-refractivity contribution >= 4 is 17.3 Å². The zero-order valence-corrected chi connectivity index (χ0v) is 13.4. The lowest BCUT2D eigenvalue weighted by Crippen LogP contribution is -2.40. The smallest absolute Gasteiger partial charge is 0.148 e. The Morgan fingerprint density at radius 3 is 2.80 bits per heavy atom. The van der Waals surface area contributed by atoms with E-state index in [-0.39, 0.29) is 17.4 Å². The highest BCUT2D eigenvalue weighted by Gasteiger charge is 2.35. The van der Waals surface area contributed by atoms with Gasteiger partial charge in [0.1, 0.15) is 29.0 Å². The van der Waals surface area contributed by atoms with E-state index in [1.165, 1.54) is 18.2 Å². The minimum absolute atomic E-state index is 0.134. The van der Waals surface area contributed by atoms with Crippen LogP contribution in [0.2, 0.25) is 0 Å². The molecule has 0 amide bonds. The highest BCUT2D eigenvalue weighted by molar-refractivity contribution is 6.14. The number of fused-ring (bicyclic) bond motifs is 2. The summed E-state index contributed by atoms with van der Waals surface area (Å²) >= 11 is 0. The molecule has 1 N–H and O–H groups in total. The number of nitrogens with zero attached hydrogens (tertiary/aromatic N) is 5. The van der Waals surface area contributed by atoms with E-state index in [1.807, 2.05) is 9.58 Å². The molecule has 0 saturated heterocycles. The molecule has 1 unspecified atom stereocenters. The molecule has 0 aliphatic carbocycles. The number of aromatic amines is 1. The molecule has 2 aliphatic heterocycles. The van der Waals surface area contributed by atoms with Crippen molar-refractivity contribution in [1.29, 1.82) is 0 Å². The highest BCUT2D eigenvalue weighted by atomic mass is 19.1. The van der Waals surface area contributed by atoms with Gasteiger partial charge in [0.05, 0.1) is 35.3 Å². The van der Waals surface area contributed by atoms with Crippen molar-refractivity contribution in [3.63, 3.8) is 0 Å². The molecule has 6 nitrogen and oxygen atoms in total. The van der Waals surface area contributed by atoms with Crippen LogP contribution in [0.25, 0.3) is 11.3 Å². The van der Waals surface area contributed by atoms with Crippen LogP contribution in [0, 0.1) is 11.6 Å². The van der Waals surface area contributed by atoms with Gasteiger partial charge in [-0.2, -0.15) is 10.2 Å². The maximum absolute atomic E-state index is 14.5. The van der Waals surface area contributed by atoms with Crippen LogP contribution in [0.4, 0.5) is 20.3 Å². The Kier molecular flexibility index (Phi) is 2.85. The summed E-state index contributed by atoms with van der Waals surface area (Å²) in [4.78, 5) is 6.40. The van der Waals surface area contributed by atoms with E-state index >= 15 is 0 Å². The Hall–Kier alpha value is -3.03.